The molecule has 1 unspecified atom stereocenters. The molecule has 0 saturated carbocycles. The summed E-state index contributed by atoms with van der Waals surface area (Å²) in [5.74, 6) is 0.988. The number of para-hydroxylation sites is 1. The number of carbonyl (C=O) groups is 1. The summed E-state index contributed by atoms with van der Waals surface area (Å²) in [6.07, 6.45) is 15.3. The molecule has 2 aliphatic rings. The van der Waals surface area contributed by atoms with E-state index in [0.717, 1.165) is 88.8 Å². The predicted octanol–water partition coefficient (Wildman–Crippen LogP) is 4.54. The highest BCUT2D eigenvalue weighted by atomic mass is 16.2. The topological polar surface area (TPSA) is 62.2 Å². The van der Waals surface area contributed by atoms with E-state index in [1.54, 1.807) is 12.4 Å². The van der Waals surface area contributed by atoms with Gasteiger partial charge in [0.1, 0.15) is 0 Å². The minimum atomic E-state index is -0.262. The number of hydrogen-bond acceptors (Lipinski definition) is 5. The Bertz CT molecular complexity index is 1120. The second-order valence-electron chi connectivity index (χ2n) is 10.6. The van der Waals surface area contributed by atoms with Crippen molar-refractivity contribution in [1.82, 2.24) is 24.8 Å². The van der Waals surface area contributed by atoms with Crippen molar-refractivity contribution in [3.63, 3.8) is 0 Å². The Balaban J connectivity index is 1.21. The predicted molar refractivity (Wildman–Crippen MR) is 139 cm³/mol. The average molecular weight is 472 g/mol. The molecule has 6 heteroatoms. The molecule has 5 rings (SSSR count). The Morgan fingerprint density at radius 1 is 1.06 bits per heavy atom. The van der Waals surface area contributed by atoms with Crippen LogP contribution in [0.25, 0.3) is 10.9 Å². The normalized spacial score (nSPS) is 21.9. The number of nitrogens with zero attached hydrogens (tertiary/aromatic N) is 5. The second-order valence-corrected chi connectivity index (χ2v) is 10.6. The molecule has 2 aromatic heterocycles. The smallest absolute Gasteiger partial charge is 0.230 e. The summed E-state index contributed by atoms with van der Waals surface area (Å²) in [5, 5.41) is 1.21. The first kappa shape index (κ1) is 23.9. The maximum Gasteiger partial charge on any atom is 0.230 e. The van der Waals surface area contributed by atoms with Crippen molar-refractivity contribution in [2.24, 2.45) is 11.3 Å². The van der Waals surface area contributed by atoms with E-state index in [4.69, 9.17) is 0 Å². The van der Waals surface area contributed by atoms with Gasteiger partial charge in [-0.2, -0.15) is 0 Å². The molecule has 0 aliphatic carbocycles. The van der Waals surface area contributed by atoms with Crippen LogP contribution >= 0.6 is 0 Å². The molecule has 3 aromatic rings. The number of fused-ring (bicyclic) bond motifs is 1. The number of pyridine rings is 1. The quantitative estimate of drug-likeness (QED) is 0.506. The lowest BCUT2D eigenvalue weighted by molar-refractivity contribution is -0.147. The molecule has 2 saturated heterocycles. The molecule has 1 amide bonds. The monoisotopic (exact) mass is 471 g/mol. The number of rotatable bonds is 7. The van der Waals surface area contributed by atoms with E-state index in [9.17, 15) is 4.79 Å². The van der Waals surface area contributed by atoms with E-state index in [2.05, 4.69) is 56.1 Å². The molecular weight excluding hydrogens is 434 g/mol. The van der Waals surface area contributed by atoms with Gasteiger partial charge in [-0.15, -0.1) is 0 Å². The first-order valence-corrected chi connectivity index (χ1v) is 13.2. The molecule has 0 radical (unpaired) electrons. The van der Waals surface area contributed by atoms with Gasteiger partial charge in [0.25, 0.3) is 0 Å². The van der Waals surface area contributed by atoms with Gasteiger partial charge >= 0.3 is 0 Å². The third-order valence-corrected chi connectivity index (χ3v) is 8.05. The van der Waals surface area contributed by atoms with Crippen LogP contribution in [0.2, 0.25) is 0 Å². The third-order valence-electron chi connectivity index (χ3n) is 8.05. The largest absolute Gasteiger partial charge is 0.342 e. The van der Waals surface area contributed by atoms with E-state index < -0.39 is 0 Å². The second kappa shape index (κ2) is 10.8. The van der Waals surface area contributed by atoms with Gasteiger partial charge in [-0.05, 0) is 82.5 Å². The highest BCUT2D eigenvalue weighted by Crippen LogP contribution is 2.38. The van der Waals surface area contributed by atoms with Crippen molar-refractivity contribution >= 4 is 16.8 Å². The van der Waals surface area contributed by atoms with Crippen LogP contribution in [0, 0.1) is 11.3 Å². The molecule has 0 N–H and O–H groups in total. The molecule has 0 bridgehead atoms. The Morgan fingerprint density at radius 2 is 1.91 bits per heavy atom. The summed E-state index contributed by atoms with van der Waals surface area (Å²) in [4.78, 5) is 31.7. The summed E-state index contributed by atoms with van der Waals surface area (Å²) in [6, 6.07) is 10.6. The number of amides is 1. The highest BCUT2D eigenvalue weighted by molar-refractivity contribution is 5.83. The zero-order chi connectivity index (χ0) is 24.1. The molecule has 2 aliphatic heterocycles. The van der Waals surface area contributed by atoms with Crippen LogP contribution in [-0.2, 0) is 17.6 Å². The lowest BCUT2D eigenvalue weighted by Crippen LogP contribution is -2.54. The van der Waals surface area contributed by atoms with Crippen molar-refractivity contribution in [3.05, 3.63) is 66.4 Å². The SMILES string of the molecule is CN1CCCC(CCCc2cnccn2)(C(=O)N2CCC(Cc3cccc4cccnc34)CC2)C1. The van der Waals surface area contributed by atoms with Crippen LogP contribution in [-0.4, -0.2) is 63.9 Å². The minimum absolute atomic E-state index is 0.262. The molecule has 4 heterocycles. The van der Waals surface area contributed by atoms with E-state index in [1.807, 2.05) is 18.5 Å². The molecule has 35 heavy (non-hydrogen) atoms. The Labute approximate surface area is 208 Å². The fourth-order valence-corrected chi connectivity index (χ4v) is 6.23. The molecule has 6 nitrogen and oxygen atoms in total. The van der Waals surface area contributed by atoms with Crippen molar-refractivity contribution in [1.29, 1.82) is 0 Å². The number of benzene rings is 1. The van der Waals surface area contributed by atoms with Crippen LogP contribution in [0.4, 0.5) is 0 Å². The molecule has 0 spiro atoms. The average Bonchev–Trinajstić information content (AvgIpc) is 2.90. The molecule has 184 valence electrons. The van der Waals surface area contributed by atoms with E-state index in [-0.39, 0.29) is 5.41 Å². The summed E-state index contributed by atoms with van der Waals surface area (Å²) < 4.78 is 0. The Morgan fingerprint density at radius 3 is 2.71 bits per heavy atom. The number of carbonyl (C=O) groups excluding carboxylic acids is 1. The lowest BCUT2D eigenvalue weighted by Gasteiger charge is -2.45. The summed E-state index contributed by atoms with van der Waals surface area (Å²) >= 11 is 0. The molecule has 1 aromatic carbocycles. The minimum Gasteiger partial charge on any atom is -0.342 e. The molecule has 2 fully saturated rings. The number of hydrogen-bond donors (Lipinski definition) is 0. The third kappa shape index (κ3) is 5.53. The van der Waals surface area contributed by atoms with Crippen molar-refractivity contribution in [2.75, 3.05) is 33.2 Å². The van der Waals surface area contributed by atoms with Crippen molar-refractivity contribution in [3.8, 4) is 0 Å². The van der Waals surface area contributed by atoms with E-state index in [1.165, 1.54) is 10.9 Å². The molecule has 1 atom stereocenters. The van der Waals surface area contributed by atoms with Gasteiger partial charge in [0, 0.05) is 49.8 Å². The van der Waals surface area contributed by atoms with Gasteiger partial charge in [0.05, 0.1) is 16.6 Å². The van der Waals surface area contributed by atoms with Crippen molar-refractivity contribution in [2.45, 2.75) is 51.4 Å². The fraction of sp³-hybridized carbons (Fsp3) is 0.517. The number of piperidine rings is 2. The zero-order valence-electron chi connectivity index (χ0n) is 20.9. The van der Waals surface area contributed by atoms with Crippen LogP contribution in [0.15, 0.2) is 55.1 Å². The van der Waals surface area contributed by atoms with Crippen LogP contribution in [0.3, 0.4) is 0 Å². The highest BCUT2D eigenvalue weighted by Gasteiger charge is 2.43. The first-order chi connectivity index (χ1) is 17.1. The first-order valence-electron chi connectivity index (χ1n) is 13.2. The number of aryl methyl sites for hydroxylation is 1. The zero-order valence-corrected chi connectivity index (χ0v) is 20.9. The maximum atomic E-state index is 14.0. The van der Waals surface area contributed by atoms with Gasteiger partial charge in [0.2, 0.25) is 5.91 Å². The Kier molecular flexibility index (Phi) is 7.37. The summed E-state index contributed by atoms with van der Waals surface area (Å²) in [5.41, 5.74) is 3.22. The Hall–Kier alpha value is -2.86. The van der Waals surface area contributed by atoms with Crippen molar-refractivity contribution < 1.29 is 4.79 Å². The van der Waals surface area contributed by atoms with Gasteiger partial charge in [-0.25, -0.2) is 0 Å². The van der Waals surface area contributed by atoms with Crippen LogP contribution in [0.5, 0.6) is 0 Å². The standard InChI is InChI=1S/C29H37N5O/c1-33-17-5-13-29(22-33,12-3-9-26-21-30-15-16-31-26)28(35)34-18-10-23(11-19-34)20-25-7-2-6-24-8-4-14-32-27(24)25/h2,4,6-8,14-16,21,23H,3,5,9-13,17-20,22H2,1H3. The van der Waals surface area contributed by atoms with E-state index in [0.29, 0.717) is 11.8 Å². The van der Waals surface area contributed by atoms with Gasteiger partial charge in [-0.3, -0.25) is 19.7 Å². The maximum absolute atomic E-state index is 14.0. The lowest BCUT2D eigenvalue weighted by atomic mass is 9.74. The van der Waals surface area contributed by atoms with Crippen LogP contribution in [0.1, 0.15) is 49.8 Å². The fourth-order valence-electron chi connectivity index (χ4n) is 6.23. The van der Waals surface area contributed by atoms with Crippen LogP contribution < -0.4 is 0 Å². The molecular formula is C29H37N5O. The van der Waals surface area contributed by atoms with E-state index >= 15 is 0 Å². The summed E-state index contributed by atoms with van der Waals surface area (Å²) in [6.45, 7) is 3.70. The van der Waals surface area contributed by atoms with Gasteiger partial charge in [-0.1, -0.05) is 24.3 Å². The van der Waals surface area contributed by atoms with Gasteiger partial charge in [0.15, 0.2) is 0 Å². The summed E-state index contributed by atoms with van der Waals surface area (Å²) in [7, 11) is 2.16. The number of likely N-dealkylation sites (tertiary alicyclic amines) is 2. The number of aromatic nitrogens is 3. The van der Waals surface area contributed by atoms with Gasteiger partial charge < -0.3 is 9.80 Å².